The van der Waals surface area contributed by atoms with Gasteiger partial charge in [0.05, 0.1) is 4.90 Å². The number of nitrogens with two attached hydrogens (primary N) is 1. The summed E-state index contributed by atoms with van der Waals surface area (Å²) in [6, 6.07) is 3.21. The second kappa shape index (κ2) is 6.04. The van der Waals surface area contributed by atoms with Gasteiger partial charge in [0, 0.05) is 31.4 Å². The quantitative estimate of drug-likeness (QED) is 0.604. The molecule has 1 unspecified atom stereocenters. The van der Waals surface area contributed by atoms with Crippen LogP contribution in [0, 0.1) is 0 Å². The molecule has 0 bridgehead atoms. The van der Waals surface area contributed by atoms with E-state index >= 15 is 0 Å². The molecular weight excluding hydrogens is 278 g/mol. The molecule has 0 saturated carbocycles. The zero-order valence-corrected chi connectivity index (χ0v) is 12.6. The summed E-state index contributed by atoms with van der Waals surface area (Å²) >= 11 is 0. The smallest absolute Gasteiger partial charge is 0.243 e. The van der Waals surface area contributed by atoms with Crippen LogP contribution < -0.4 is 11.3 Å². The van der Waals surface area contributed by atoms with Gasteiger partial charge in [-0.25, -0.2) is 19.2 Å². The van der Waals surface area contributed by atoms with Crippen LogP contribution in [0.25, 0.3) is 0 Å². The molecule has 112 valence electrons. The van der Waals surface area contributed by atoms with Crippen molar-refractivity contribution in [3.63, 3.8) is 0 Å². The Hall–Kier alpha value is -1.22. The maximum Gasteiger partial charge on any atom is 0.243 e. The summed E-state index contributed by atoms with van der Waals surface area (Å²) in [6.45, 7) is 1.07. The van der Waals surface area contributed by atoms with E-state index in [9.17, 15) is 8.42 Å². The highest BCUT2D eigenvalue weighted by Gasteiger charge is 2.31. The molecule has 1 aliphatic heterocycles. The Morgan fingerprint density at radius 3 is 2.90 bits per heavy atom. The van der Waals surface area contributed by atoms with E-state index in [0.29, 0.717) is 18.9 Å². The Kier molecular flexibility index (Phi) is 4.59. The fourth-order valence-electron chi connectivity index (χ4n) is 2.36. The van der Waals surface area contributed by atoms with E-state index in [0.717, 1.165) is 12.8 Å². The molecule has 0 spiro atoms. The molecule has 1 fully saturated rings. The molecule has 8 heteroatoms. The van der Waals surface area contributed by atoms with Crippen LogP contribution in [0.1, 0.15) is 12.8 Å². The Morgan fingerprint density at radius 1 is 1.50 bits per heavy atom. The lowest BCUT2D eigenvalue weighted by atomic mass is 10.1. The molecule has 7 nitrogen and oxygen atoms in total. The third-order valence-electron chi connectivity index (χ3n) is 3.61. The van der Waals surface area contributed by atoms with Crippen LogP contribution >= 0.6 is 0 Å². The van der Waals surface area contributed by atoms with Crippen molar-refractivity contribution in [3.8, 4) is 0 Å². The number of sulfonamides is 1. The Labute approximate surface area is 119 Å². The number of pyridine rings is 1. The minimum absolute atomic E-state index is 0.222. The maximum atomic E-state index is 12.6. The van der Waals surface area contributed by atoms with Gasteiger partial charge < -0.3 is 10.3 Å². The number of anilines is 1. The van der Waals surface area contributed by atoms with E-state index in [-0.39, 0.29) is 10.9 Å². The number of nitrogen functional groups attached to an aromatic ring is 1. The summed E-state index contributed by atoms with van der Waals surface area (Å²) in [7, 11) is 0.462. The predicted molar refractivity (Wildman–Crippen MR) is 77.5 cm³/mol. The summed E-state index contributed by atoms with van der Waals surface area (Å²) < 4.78 is 26.8. The average Bonchev–Trinajstić information content (AvgIpc) is 2.47. The minimum atomic E-state index is -3.49. The normalized spacial score (nSPS) is 21.1. The highest BCUT2D eigenvalue weighted by atomic mass is 32.2. The van der Waals surface area contributed by atoms with E-state index in [4.69, 9.17) is 5.84 Å². The predicted octanol–water partition coefficient (Wildman–Crippen LogP) is 0.0819. The molecule has 2 heterocycles. The van der Waals surface area contributed by atoms with Crippen molar-refractivity contribution in [2.75, 3.05) is 32.6 Å². The zero-order chi connectivity index (χ0) is 14.8. The first-order valence-corrected chi connectivity index (χ1v) is 7.98. The van der Waals surface area contributed by atoms with Crippen molar-refractivity contribution >= 4 is 15.8 Å². The van der Waals surface area contributed by atoms with Crippen LogP contribution in [-0.2, 0) is 10.0 Å². The fraction of sp³-hybridized carbons (Fsp3) is 0.583. The van der Waals surface area contributed by atoms with Gasteiger partial charge in [0.2, 0.25) is 10.0 Å². The van der Waals surface area contributed by atoms with Gasteiger partial charge in [-0.2, -0.15) is 4.31 Å². The number of aromatic nitrogens is 1. The number of hydrogen-bond acceptors (Lipinski definition) is 6. The lowest BCUT2D eigenvalue weighted by Gasteiger charge is -2.35. The molecule has 3 N–H and O–H groups in total. The maximum absolute atomic E-state index is 12.6. The number of hydrazine groups is 1. The van der Waals surface area contributed by atoms with Crippen molar-refractivity contribution in [1.82, 2.24) is 14.2 Å². The van der Waals surface area contributed by atoms with Crippen LogP contribution in [-0.4, -0.2) is 55.8 Å². The van der Waals surface area contributed by atoms with Crippen LogP contribution in [0.4, 0.5) is 5.82 Å². The molecule has 2 rings (SSSR count). The number of nitrogens with one attached hydrogen (secondary N) is 1. The van der Waals surface area contributed by atoms with Crippen molar-refractivity contribution in [3.05, 3.63) is 18.3 Å². The van der Waals surface area contributed by atoms with Crippen molar-refractivity contribution in [2.45, 2.75) is 23.8 Å². The summed E-state index contributed by atoms with van der Waals surface area (Å²) in [5, 5.41) is 0. The van der Waals surface area contributed by atoms with Crippen LogP contribution in [0.3, 0.4) is 0 Å². The van der Waals surface area contributed by atoms with Crippen molar-refractivity contribution in [1.29, 1.82) is 0 Å². The summed E-state index contributed by atoms with van der Waals surface area (Å²) in [5.41, 5.74) is 2.37. The summed E-state index contributed by atoms with van der Waals surface area (Å²) in [5.74, 6) is 5.61. The summed E-state index contributed by atoms with van der Waals surface area (Å²) in [6.07, 6.45) is 3.33. The van der Waals surface area contributed by atoms with E-state index in [2.05, 4.69) is 15.3 Å². The number of nitrogens with zero attached hydrogens (tertiary/aromatic N) is 3. The number of hydrogen-bond donors (Lipinski definition) is 2. The molecule has 1 aromatic heterocycles. The second-order valence-electron chi connectivity index (χ2n) is 5.14. The summed E-state index contributed by atoms with van der Waals surface area (Å²) in [4.78, 5) is 6.23. The topological polar surface area (TPSA) is 91.6 Å². The highest BCUT2D eigenvalue weighted by molar-refractivity contribution is 7.89. The van der Waals surface area contributed by atoms with Crippen molar-refractivity contribution in [2.24, 2.45) is 5.84 Å². The third-order valence-corrected chi connectivity index (χ3v) is 5.47. The van der Waals surface area contributed by atoms with Gasteiger partial charge >= 0.3 is 0 Å². The Bertz CT molecular complexity index is 561. The monoisotopic (exact) mass is 299 g/mol. The van der Waals surface area contributed by atoms with Gasteiger partial charge in [0.25, 0.3) is 0 Å². The van der Waals surface area contributed by atoms with Gasteiger partial charge in [-0.05, 0) is 33.0 Å². The first-order chi connectivity index (χ1) is 9.45. The molecule has 1 aliphatic rings. The lowest BCUT2D eigenvalue weighted by molar-refractivity contribution is 0.190. The first kappa shape index (κ1) is 15.2. The molecule has 20 heavy (non-hydrogen) atoms. The molecule has 1 aromatic rings. The molecule has 1 atom stereocenters. The van der Waals surface area contributed by atoms with E-state index < -0.39 is 10.0 Å². The van der Waals surface area contributed by atoms with E-state index in [1.54, 1.807) is 0 Å². The molecular formula is C12H21N5O2S. The lowest BCUT2D eigenvalue weighted by Crippen LogP contribution is -2.47. The van der Waals surface area contributed by atoms with Crippen LogP contribution in [0.15, 0.2) is 23.2 Å². The van der Waals surface area contributed by atoms with Gasteiger partial charge in [0.1, 0.15) is 5.82 Å². The molecule has 0 aromatic carbocycles. The van der Waals surface area contributed by atoms with Gasteiger partial charge in [-0.3, -0.25) is 0 Å². The first-order valence-electron chi connectivity index (χ1n) is 6.54. The molecule has 0 radical (unpaired) electrons. The highest BCUT2D eigenvalue weighted by Crippen LogP contribution is 2.23. The van der Waals surface area contributed by atoms with E-state index in [1.807, 2.05) is 14.1 Å². The Morgan fingerprint density at radius 2 is 2.25 bits per heavy atom. The molecule has 0 amide bonds. The standard InChI is InChI=1S/C12H21N5O2S/c1-16(2)10-4-3-7-17(9-10)20(18,19)11-5-6-14-12(8-11)15-13/h5-6,8,10H,3-4,7,9,13H2,1-2H3,(H,14,15). The fourth-order valence-corrected chi connectivity index (χ4v) is 3.89. The van der Waals surface area contributed by atoms with Crippen LogP contribution in [0.5, 0.6) is 0 Å². The van der Waals surface area contributed by atoms with Gasteiger partial charge in [-0.15, -0.1) is 0 Å². The van der Waals surface area contributed by atoms with Gasteiger partial charge in [-0.1, -0.05) is 0 Å². The third kappa shape index (κ3) is 3.09. The van der Waals surface area contributed by atoms with E-state index in [1.165, 1.54) is 22.6 Å². The van der Waals surface area contributed by atoms with Crippen molar-refractivity contribution < 1.29 is 8.42 Å². The zero-order valence-electron chi connectivity index (χ0n) is 11.8. The Balaban J connectivity index is 2.25. The van der Waals surface area contributed by atoms with Crippen LogP contribution in [0.2, 0.25) is 0 Å². The number of rotatable bonds is 4. The average molecular weight is 299 g/mol. The SMILES string of the molecule is CN(C)C1CCCN(S(=O)(=O)c2ccnc(NN)c2)C1. The molecule has 1 saturated heterocycles. The second-order valence-corrected chi connectivity index (χ2v) is 7.08. The largest absolute Gasteiger partial charge is 0.308 e. The number of piperidine rings is 1. The minimum Gasteiger partial charge on any atom is -0.308 e. The molecule has 0 aliphatic carbocycles. The number of likely N-dealkylation sites (N-methyl/N-ethyl adjacent to an activating group) is 1. The van der Waals surface area contributed by atoms with Gasteiger partial charge in [0.15, 0.2) is 0 Å².